The molecule has 6 heteroatoms. The lowest BCUT2D eigenvalue weighted by Crippen LogP contribution is -2.37. The first-order chi connectivity index (χ1) is 8.88. The summed E-state index contributed by atoms with van der Waals surface area (Å²) >= 11 is 1.60. The third-order valence-corrected chi connectivity index (χ3v) is 3.84. The predicted octanol–water partition coefficient (Wildman–Crippen LogP) is 1.97. The molecular weight excluding hydrogens is 262 g/mol. The topological polar surface area (TPSA) is 74.2 Å². The Kier molecular flexibility index (Phi) is 6.24. The minimum atomic E-state index is -0.331. The van der Waals surface area contributed by atoms with Gasteiger partial charge in [-0.3, -0.25) is 0 Å². The monoisotopic (exact) mass is 285 g/mol. The summed E-state index contributed by atoms with van der Waals surface area (Å²) in [7, 11) is 0. The Hall–Kier alpha value is -1.14. The summed E-state index contributed by atoms with van der Waals surface area (Å²) in [6.07, 6.45) is 0.357. The molecule has 0 aliphatic rings. The molecule has 0 aliphatic carbocycles. The molecular formula is C13H23N3O2S. The maximum absolute atomic E-state index is 11.6. The molecule has 0 radical (unpaired) electrons. The Morgan fingerprint density at radius 3 is 2.58 bits per heavy atom. The van der Waals surface area contributed by atoms with Gasteiger partial charge in [0.2, 0.25) is 0 Å². The third kappa shape index (κ3) is 6.02. The smallest absolute Gasteiger partial charge is 0.315 e. The van der Waals surface area contributed by atoms with Crippen LogP contribution in [0, 0.1) is 19.8 Å². The van der Waals surface area contributed by atoms with E-state index in [2.05, 4.69) is 15.6 Å². The van der Waals surface area contributed by atoms with E-state index in [0.717, 1.165) is 15.6 Å². The first-order valence-electron chi connectivity index (χ1n) is 6.51. The number of rotatable bonds is 6. The van der Waals surface area contributed by atoms with Gasteiger partial charge in [-0.25, -0.2) is 9.78 Å². The van der Waals surface area contributed by atoms with Crippen LogP contribution in [-0.2, 0) is 6.54 Å². The molecule has 5 nitrogen and oxygen atoms in total. The van der Waals surface area contributed by atoms with Gasteiger partial charge in [-0.2, -0.15) is 0 Å². The number of aliphatic hydroxyl groups is 1. The predicted molar refractivity (Wildman–Crippen MR) is 77.3 cm³/mol. The van der Waals surface area contributed by atoms with Gasteiger partial charge in [0.05, 0.1) is 23.4 Å². The molecule has 0 aliphatic heterocycles. The first kappa shape index (κ1) is 15.9. The molecule has 0 saturated heterocycles. The first-order valence-corrected chi connectivity index (χ1v) is 7.32. The van der Waals surface area contributed by atoms with Crippen molar-refractivity contribution in [2.24, 2.45) is 5.92 Å². The summed E-state index contributed by atoms with van der Waals surface area (Å²) in [6, 6.07) is -0.178. The number of aryl methyl sites for hydroxylation is 2. The third-order valence-electron chi connectivity index (χ3n) is 2.76. The molecule has 1 rings (SSSR count). The lowest BCUT2D eigenvalue weighted by atomic mass is 10.1. The van der Waals surface area contributed by atoms with E-state index in [4.69, 9.17) is 0 Å². The van der Waals surface area contributed by atoms with Crippen molar-refractivity contribution in [3.63, 3.8) is 0 Å². The molecule has 19 heavy (non-hydrogen) atoms. The summed E-state index contributed by atoms with van der Waals surface area (Å²) in [5.74, 6) is 0.262. The van der Waals surface area contributed by atoms with Crippen LogP contribution in [0.1, 0.15) is 35.8 Å². The van der Waals surface area contributed by atoms with Crippen molar-refractivity contribution < 1.29 is 9.90 Å². The number of hydrogen-bond donors (Lipinski definition) is 3. The SMILES string of the molecule is Cc1nc(C)c(CNC(=O)NCC(C)CC(C)O)s1. The molecule has 2 unspecified atom stereocenters. The summed E-state index contributed by atoms with van der Waals surface area (Å²) in [4.78, 5) is 17.0. The molecule has 2 atom stereocenters. The maximum atomic E-state index is 11.6. The quantitative estimate of drug-likeness (QED) is 0.748. The van der Waals surface area contributed by atoms with Gasteiger partial charge in [0.25, 0.3) is 0 Å². The number of carbonyl (C=O) groups is 1. The standard InChI is InChI=1S/C13H23N3O2S/c1-8(5-9(2)17)6-14-13(18)15-7-12-10(3)16-11(4)19-12/h8-9,17H,5-7H2,1-4H3,(H2,14,15,18). The van der Waals surface area contributed by atoms with E-state index in [1.807, 2.05) is 20.8 Å². The van der Waals surface area contributed by atoms with Gasteiger partial charge in [0, 0.05) is 11.4 Å². The number of carbonyl (C=O) groups excluding carboxylic acids is 1. The Bertz CT molecular complexity index is 418. The number of thiazole rings is 1. The Labute approximate surface area is 118 Å². The van der Waals surface area contributed by atoms with E-state index in [-0.39, 0.29) is 18.1 Å². The summed E-state index contributed by atoms with van der Waals surface area (Å²) in [5.41, 5.74) is 0.977. The van der Waals surface area contributed by atoms with Crippen LogP contribution >= 0.6 is 11.3 Å². The fraction of sp³-hybridized carbons (Fsp3) is 0.692. The highest BCUT2D eigenvalue weighted by atomic mass is 32.1. The molecule has 0 saturated carbocycles. The summed E-state index contributed by atoms with van der Waals surface area (Å²) < 4.78 is 0. The van der Waals surface area contributed by atoms with Crippen molar-refractivity contribution >= 4 is 17.4 Å². The van der Waals surface area contributed by atoms with Gasteiger partial charge in [-0.05, 0) is 33.1 Å². The number of nitrogens with zero attached hydrogens (tertiary/aromatic N) is 1. The number of aromatic nitrogens is 1. The number of urea groups is 1. The summed E-state index contributed by atoms with van der Waals surface area (Å²) in [5, 5.41) is 15.9. The van der Waals surface area contributed by atoms with Gasteiger partial charge in [0.1, 0.15) is 0 Å². The van der Waals surface area contributed by atoms with Crippen molar-refractivity contribution in [1.82, 2.24) is 15.6 Å². The Balaban J connectivity index is 2.26. The number of aliphatic hydroxyl groups excluding tert-OH is 1. The zero-order chi connectivity index (χ0) is 14.4. The maximum Gasteiger partial charge on any atom is 0.315 e. The van der Waals surface area contributed by atoms with Crippen LogP contribution in [0.25, 0.3) is 0 Å². The van der Waals surface area contributed by atoms with Crippen molar-refractivity contribution in [3.8, 4) is 0 Å². The minimum Gasteiger partial charge on any atom is -0.393 e. The van der Waals surface area contributed by atoms with E-state index in [1.165, 1.54) is 0 Å². The van der Waals surface area contributed by atoms with E-state index >= 15 is 0 Å². The lowest BCUT2D eigenvalue weighted by molar-refractivity contribution is 0.163. The molecule has 1 aromatic heterocycles. The van der Waals surface area contributed by atoms with E-state index in [0.29, 0.717) is 19.5 Å². The van der Waals surface area contributed by atoms with Crippen LogP contribution in [0.2, 0.25) is 0 Å². The largest absolute Gasteiger partial charge is 0.393 e. The Morgan fingerprint density at radius 1 is 1.37 bits per heavy atom. The second-order valence-electron chi connectivity index (χ2n) is 4.99. The molecule has 0 fully saturated rings. The normalized spacial score (nSPS) is 13.9. The van der Waals surface area contributed by atoms with Crippen molar-refractivity contribution in [3.05, 3.63) is 15.6 Å². The van der Waals surface area contributed by atoms with E-state index < -0.39 is 0 Å². The van der Waals surface area contributed by atoms with Crippen molar-refractivity contribution in [1.29, 1.82) is 0 Å². The number of nitrogens with one attached hydrogen (secondary N) is 2. The number of hydrogen-bond acceptors (Lipinski definition) is 4. The fourth-order valence-corrected chi connectivity index (χ4v) is 2.77. The molecule has 2 amide bonds. The van der Waals surface area contributed by atoms with Gasteiger partial charge in [-0.1, -0.05) is 6.92 Å². The molecule has 0 spiro atoms. The van der Waals surface area contributed by atoms with Gasteiger partial charge < -0.3 is 15.7 Å². The van der Waals surface area contributed by atoms with Crippen molar-refractivity contribution in [2.45, 2.75) is 46.8 Å². The average molecular weight is 285 g/mol. The molecule has 108 valence electrons. The summed E-state index contributed by atoms with van der Waals surface area (Å²) in [6.45, 7) is 8.74. The minimum absolute atomic E-state index is 0.178. The van der Waals surface area contributed by atoms with Crippen LogP contribution in [-0.4, -0.2) is 28.8 Å². The Morgan fingerprint density at radius 2 is 2.05 bits per heavy atom. The lowest BCUT2D eigenvalue weighted by Gasteiger charge is -2.14. The van der Waals surface area contributed by atoms with Crippen LogP contribution in [0.4, 0.5) is 4.79 Å². The molecule has 0 aromatic carbocycles. The zero-order valence-corrected chi connectivity index (χ0v) is 12.8. The highest BCUT2D eigenvalue weighted by molar-refractivity contribution is 7.11. The number of amides is 2. The van der Waals surface area contributed by atoms with Gasteiger partial charge in [-0.15, -0.1) is 11.3 Å². The molecule has 1 heterocycles. The van der Waals surface area contributed by atoms with Crippen LogP contribution in [0.15, 0.2) is 0 Å². The fourth-order valence-electron chi connectivity index (χ4n) is 1.89. The molecule has 1 aromatic rings. The average Bonchev–Trinajstić information content (AvgIpc) is 2.61. The van der Waals surface area contributed by atoms with E-state index in [1.54, 1.807) is 18.3 Å². The van der Waals surface area contributed by atoms with Crippen LogP contribution in [0.3, 0.4) is 0 Å². The van der Waals surface area contributed by atoms with E-state index in [9.17, 15) is 9.90 Å². The molecule has 3 N–H and O–H groups in total. The highest BCUT2D eigenvalue weighted by Crippen LogP contribution is 2.16. The second kappa shape index (κ2) is 7.45. The second-order valence-corrected chi connectivity index (χ2v) is 6.28. The molecule has 0 bridgehead atoms. The van der Waals surface area contributed by atoms with Crippen LogP contribution < -0.4 is 10.6 Å². The van der Waals surface area contributed by atoms with Gasteiger partial charge in [0.15, 0.2) is 0 Å². The highest BCUT2D eigenvalue weighted by Gasteiger charge is 2.09. The zero-order valence-electron chi connectivity index (χ0n) is 12.0. The van der Waals surface area contributed by atoms with Crippen LogP contribution in [0.5, 0.6) is 0 Å². The van der Waals surface area contributed by atoms with Gasteiger partial charge >= 0.3 is 6.03 Å². The van der Waals surface area contributed by atoms with Crippen molar-refractivity contribution in [2.75, 3.05) is 6.54 Å².